The van der Waals surface area contributed by atoms with E-state index in [0.29, 0.717) is 19.5 Å². The van der Waals surface area contributed by atoms with Gasteiger partial charge in [0.25, 0.3) is 0 Å². The van der Waals surface area contributed by atoms with Crippen molar-refractivity contribution in [3.63, 3.8) is 0 Å². The Hall–Kier alpha value is -1.99. The number of hydrogen-bond acceptors (Lipinski definition) is 5. The molecule has 0 spiro atoms. The lowest BCUT2D eigenvalue weighted by Crippen LogP contribution is -2.58. The Kier molecular flexibility index (Phi) is 6.68. The molecule has 1 fully saturated rings. The van der Waals surface area contributed by atoms with Gasteiger partial charge in [-0.2, -0.15) is 0 Å². The normalized spacial score (nSPS) is 19.8. The lowest BCUT2D eigenvalue weighted by atomic mass is 9.79. The van der Waals surface area contributed by atoms with Gasteiger partial charge in [0, 0.05) is 31.6 Å². The molecular weight excluding hydrogens is 326 g/mol. The van der Waals surface area contributed by atoms with Gasteiger partial charge in [0.1, 0.15) is 12.1 Å². The van der Waals surface area contributed by atoms with Gasteiger partial charge in [0.15, 0.2) is 0 Å². The number of nitrogens with one attached hydrogen (secondary N) is 1. The smallest absolute Gasteiger partial charge is 0.409 e. The highest BCUT2D eigenvalue weighted by Crippen LogP contribution is 2.29. The number of hydrogen-bond donors (Lipinski definition) is 1. The monoisotopic (exact) mass is 357 g/mol. The maximum Gasteiger partial charge on any atom is 0.409 e. The number of amides is 3. The molecule has 1 aliphatic rings. The molecule has 1 saturated heterocycles. The lowest BCUT2D eigenvalue weighted by molar-refractivity contribution is -0.135. The van der Waals surface area contributed by atoms with Crippen LogP contribution in [0.4, 0.5) is 9.59 Å². The van der Waals surface area contributed by atoms with Crippen LogP contribution in [0.2, 0.25) is 0 Å². The van der Waals surface area contributed by atoms with Crippen LogP contribution in [0, 0.1) is 5.41 Å². The first-order valence-corrected chi connectivity index (χ1v) is 8.42. The summed E-state index contributed by atoms with van der Waals surface area (Å²) in [4.78, 5) is 38.8. The van der Waals surface area contributed by atoms with Crippen LogP contribution in [0.3, 0.4) is 0 Å². The first-order valence-electron chi connectivity index (χ1n) is 8.42. The van der Waals surface area contributed by atoms with Crippen LogP contribution >= 0.6 is 0 Å². The Balaban J connectivity index is 2.62. The molecule has 0 saturated carbocycles. The average molecular weight is 357 g/mol. The van der Waals surface area contributed by atoms with Crippen molar-refractivity contribution in [2.24, 2.45) is 5.41 Å². The summed E-state index contributed by atoms with van der Waals surface area (Å²) >= 11 is 0. The van der Waals surface area contributed by atoms with E-state index in [1.165, 1.54) is 19.1 Å². The predicted octanol–water partition coefficient (Wildman–Crippen LogP) is 1.84. The molecule has 0 aliphatic carbocycles. The Labute approximate surface area is 149 Å². The van der Waals surface area contributed by atoms with Crippen molar-refractivity contribution >= 4 is 18.1 Å². The Morgan fingerprint density at radius 2 is 1.88 bits per heavy atom. The minimum Gasteiger partial charge on any atom is -0.453 e. The van der Waals surface area contributed by atoms with Crippen molar-refractivity contribution in [1.29, 1.82) is 0 Å². The molecule has 8 nitrogen and oxygen atoms in total. The lowest BCUT2D eigenvalue weighted by Gasteiger charge is -2.44. The predicted molar refractivity (Wildman–Crippen MR) is 93.2 cm³/mol. The van der Waals surface area contributed by atoms with Crippen LogP contribution in [0.25, 0.3) is 0 Å². The van der Waals surface area contributed by atoms with Crippen LogP contribution < -0.4 is 5.32 Å². The van der Waals surface area contributed by atoms with Gasteiger partial charge in [-0.3, -0.25) is 4.79 Å². The minimum absolute atomic E-state index is 0.0348. The quantitative estimate of drug-likeness (QED) is 0.832. The maximum atomic E-state index is 12.4. The van der Waals surface area contributed by atoms with Gasteiger partial charge in [0.2, 0.25) is 5.91 Å². The number of rotatable bonds is 3. The first-order chi connectivity index (χ1) is 11.4. The average Bonchev–Trinajstić information content (AvgIpc) is 2.45. The zero-order chi connectivity index (χ0) is 19.4. The van der Waals surface area contributed by atoms with E-state index in [2.05, 4.69) is 10.1 Å². The third kappa shape index (κ3) is 6.43. The van der Waals surface area contributed by atoms with E-state index in [-0.39, 0.29) is 23.9 Å². The zero-order valence-corrected chi connectivity index (χ0v) is 16.3. The van der Waals surface area contributed by atoms with Crippen LogP contribution in [-0.2, 0) is 14.3 Å². The standard InChI is InChI=1S/C17H31N3O5/c1-16(2,3)25-14(22)18-12-8-9-20(11-17(12,4)5)13(21)10-19(6)15(23)24-7/h12H,8-11H2,1-7H3,(H,18,22)/t12-/m0/s1. The molecule has 1 rings (SSSR count). The molecule has 1 aliphatic heterocycles. The molecule has 3 amide bonds. The van der Waals surface area contributed by atoms with E-state index >= 15 is 0 Å². The molecule has 144 valence electrons. The van der Waals surface area contributed by atoms with E-state index in [1.807, 2.05) is 34.6 Å². The van der Waals surface area contributed by atoms with Crippen molar-refractivity contribution < 1.29 is 23.9 Å². The summed E-state index contributed by atoms with van der Waals surface area (Å²) in [7, 11) is 2.80. The number of carbonyl (C=O) groups is 3. The van der Waals surface area contributed by atoms with Crippen molar-refractivity contribution in [2.45, 2.75) is 52.7 Å². The molecule has 8 heteroatoms. The summed E-state index contributed by atoms with van der Waals surface area (Å²) in [5.74, 6) is -0.142. The van der Waals surface area contributed by atoms with E-state index in [1.54, 1.807) is 4.90 Å². The van der Waals surface area contributed by atoms with Crippen LogP contribution in [0.15, 0.2) is 0 Å². The van der Waals surface area contributed by atoms with Gasteiger partial charge in [0.05, 0.1) is 7.11 Å². The molecule has 25 heavy (non-hydrogen) atoms. The van der Waals surface area contributed by atoms with Gasteiger partial charge in [-0.1, -0.05) is 13.8 Å². The molecule has 1 heterocycles. The van der Waals surface area contributed by atoms with Crippen molar-refractivity contribution in [1.82, 2.24) is 15.1 Å². The summed E-state index contributed by atoms with van der Waals surface area (Å²) in [6.07, 6.45) is -0.371. The fourth-order valence-corrected chi connectivity index (χ4v) is 2.81. The van der Waals surface area contributed by atoms with Crippen LogP contribution in [0.1, 0.15) is 41.0 Å². The Morgan fingerprint density at radius 1 is 1.28 bits per heavy atom. The molecule has 0 radical (unpaired) electrons. The molecule has 0 aromatic rings. The number of nitrogens with zero attached hydrogens (tertiary/aromatic N) is 2. The summed E-state index contributed by atoms with van der Waals surface area (Å²) in [6, 6.07) is -0.0928. The number of likely N-dealkylation sites (N-methyl/N-ethyl adjacent to an activating group) is 1. The van der Waals surface area contributed by atoms with Crippen molar-refractivity contribution in [2.75, 3.05) is 33.8 Å². The van der Waals surface area contributed by atoms with E-state index < -0.39 is 17.8 Å². The van der Waals surface area contributed by atoms with Crippen LogP contribution in [0.5, 0.6) is 0 Å². The van der Waals surface area contributed by atoms with Crippen LogP contribution in [-0.4, -0.2) is 73.3 Å². The van der Waals surface area contributed by atoms with E-state index in [9.17, 15) is 14.4 Å². The highest BCUT2D eigenvalue weighted by atomic mass is 16.6. The second kappa shape index (κ2) is 7.93. The van der Waals surface area contributed by atoms with Crippen molar-refractivity contribution in [3.8, 4) is 0 Å². The molecule has 1 atom stereocenters. The fraction of sp³-hybridized carbons (Fsp3) is 0.824. The summed E-state index contributed by atoms with van der Waals surface area (Å²) in [5, 5.41) is 2.91. The van der Waals surface area contributed by atoms with Gasteiger partial charge in [-0.05, 0) is 27.2 Å². The van der Waals surface area contributed by atoms with Gasteiger partial charge in [-0.15, -0.1) is 0 Å². The SMILES string of the molecule is COC(=O)N(C)CC(=O)N1CC[C@H](NC(=O)OC(C)(C)C)C(C)(C)C1. The summed E-state index contributed by atoms with van der Waals surface area (Å²) < 4.78 is 9.91. The summed E-state index contributed by atoms with van der Waals surface area (Å²) in [5.41, 5.74) is -0.863. The van der Waals surface area contributed by atoms with E-state index in [0.717, 1.165) is 0 Å². The molecule has 0 aromatic heterocycles. The fourth-order valence-electron chi connectivity index (χ4n) is 2.81. The number of ether oxygens (including phenoxy) is 2. The largest absolute Gasteiger partial charge is 0.453 e. The third-order valence-corrected chi connectivity index (χ3v) is 4.13. The molecule has 0 bridgehead atoms. The maximum absolute atomic E-state index is 12.4. The Bertz CT molecular complexity index is 513. The molecule has 0 aromatic carbocycles. The summed E-state index contributed by atoms with van der Waals surface area (Å²) in [6.45, 7) is 10.4. The number of carbonyl (C=O) groups excluding carboxylic acids is 3. The minimum atomic E-state index is -0.552. The number of likely N-dealkylation sites (tertiary alicyclic amines) is 1. The van der Waals surface area contributed by atoms with Gasteiger partial charge >= 0.3 is 12.2 Å². The highest BCUT2D eigenvalue weighted by Gasteiger charge is 2.39. The topological polar surface area (TPSA) is 88.2 Å². The third-order valence-electron chi connectivity index (χ3n) is 4.13. The van der Waals surface area contributed by atoms with E-state index in [4.69, 9.17) is 4.74 Å². The molecular formula is C17H31N3O5. The number of alkyl carbamates (subject to hydrolysis) is 1. The first kappa shape index (κ1) is 21.1. The Morgan fingerprint density at radius 3 is 2.36 bits per heavy atom. The highest BCUT2D eigenvalue weighted by molar-refractivity contribution is 5.82. The second-order valence-electron chi connectivity index (χ2n) is 8.12. The molecule has 1 N–H and O–H groups in total. The molecule has 0 unspecified atom stereocenters. The van der Waals surface area contributed by atoms with Crippen molar-refractivity contribution in [3.05, 3.63) is 0 Å². The second-order valence-corrected chi connectivity index (χ2v) is 8.12. The zero-order valence-electron chi connectivity index (χ0n) is 16.3. The number of methoxy groups -OCH3 is 1. The number of piperidine rings is 1. The van der Waals surface area contributed by atoms with Gasteiger partial charge in [-0.25, -0.2) is 9.59 Å². The van der Waals surface area contributed by atoms with Gasteiger partial charge < -0.3 is 24.6 Å².